The van der Waals surface area contributed by atoms with Crippen LogP contribution in [0.1, 0.15) is 12.2 Å². The van der Waals surface area contributed by atoms with Crippen molar-refractivity contribution in [2.75, 3.05) is 45.0 Å². The number of pyridine rings is 1. The molecule has 0 aliphatic heterocycles. The van der Waals surface area contributed by atoms with E-state index in [1.54, 1.807) is 19.2 Å². The molecule has 10 heteroatoms. The van der Waals surface area contributed by atoms with Gasteiger partial charge in [0.15, 0.2) is 5.82 Å². The van der Waals surface area contributed by atoms with E-state index in [2.05, 4.69) is 14.3 Å². The maximum atomic E-state index is 13.3. The molecule has 0 atom stereocenters. The third-order valence-corrected chi connectivity index (χ3v) is 8.22. The van der Waals surface area contributed by atoms with E-state index in [1.807, 2.05) is 67.5 Å². The molecular formula is C28H32N6O3S. The fourth-order valence-electron chi connectivity index (χ4n) is 4.94. The number of methoxy groups -OCH3 is 1. The zero-order valence-electron chi connectivity index (χ0n) is 21.8. The quantitative estimate of drug-likeness (QED) is 0.262. The van der Waals surface area contributed by atoms with Gasteiger partial charge in [-0.25, -0.2) is 23.1 Å². The number of fused-ring (bicyclic) bond motifs is 4. The monoisotopic (exact) mass is 532 g/mol. The van der Waals surface area contributed by atoms with Crippen molar-refractivity contribution in [1.29, 1.82) is 0 Å². The Morgan fingerprint density at radius 2 is 1.71 bits per heavy atom. The SMILES string of the molecule is COCCc1nc2c(N)nc3ccccc3c2n1CCCNS(=O)(=O)c1cccc2c(N(C)C)cccc12. The topological polar surface area (TPSA) is 115 Å². The first-order valence-electron chi connectivity index (χ1n) is 12.5. The third kappa shape index (κ3) is 4.78. The van der Waals surface area contributed by atoms with Crippen molar-refractivity contribution in [2.24, 2.45) is 0 Å². The Hall–Kier alpha value is -3.73. The molecule has 5 rings (SSSR count). The Kier molecular flexibility index (Phi) is 7.20. The molecule has 0 saturated heterocycles. The number of hydrogen-bond donors (Lipinski definition) is 2. The van der Waals surface area contributed by atoms with E-state index in [1.165, 1.54) is 0 Å². The lowest BCUT2D eigenvalue weighted by Gasteiger charge is -2.17. The second kappa shape index (κ2) is 10.6. The molecule has 198 valence electrons. The maximum absolute atomic E-state index is 13.3. The average Bonchev–Trinajstić information content (AvgIpc) is 3.28. The normalized spacial score (nSPS) is 12.1. The van der Waals surface area contributed by atoms with E-state index >= 15 is 0 Å². The Morgan fingerprint density at radius 3 is 2.50 bits per heavy atom. The summed E-state index contributed by atoms with van der Waals surface area (Å²) in [4.78, 5) is 11.6. The first kappa shape index (κ1) is 25.9. The van der Waals surface area contributed by atoms with Crippen LogP contribution in [0.15, 0.2) is 65.6 Å². The zero-order valence-corrected chi connectivity index (χ0v) is 22.6. The summed E-state index contributed by atoms with van der Waals surface area (Å²) in [7, 11) is 1.83. The minimum Gasteiger partial charge on any atom is -0.384 e. The second-order valence-corrected chi connectivity index (χ2v) is 11.1. The van der Waals surface area contributed by atoms with Crippen molar-refractivity contribution in [3.05, 3.63) is 66.5 Å². The molecule has 3 N–H and O–H groups in total. The highest BCUT2D eigenvalue weighted by atomic mass is 32.2. The summed E-state index contributed by atoms with van der Waals surface area (Å²) < 4.78 is 36.9. The van der Waals surface area contributed by atoms with E-state index < -0.39 is 10.0 Å². The summed E-state index contributed by atoms with van der Waals surface area (Å²) >= 11 is 0. The van der Waals surface area contributed by atoms with Crippen LogP contribution in [0.3, 0.4) is 0 Å². The molecule has 0 radical (unpaired) electrons. The highest BCUT2D eigenvalue weighted by Crippen LogP contribution is 2.31. The van der Waals surface area contributed by atoms with Gasteiger partial charge in [-0.1, -0.05) is 42.5 Å². The highest BCUT2D eigenvalue weighted by molar-refractivity contribution is 7.89. The van der Waals surface area contributed by atoms with Crippen molar-refractivity contribution in [3.63, 3.8) is 0 Å². The minimum absolute atomic E-state index is 0.272. The van der Waals surface area contributed by atoms with Gasteiger partial charge in [0.1, 0.15) is 11.3 Å². The summed E-state index contributed by atoms with van der Waals surface area (Å²) in [5, 5.41) is 2.55. The number of sulfonamides is 1. The number of benzene rings is 3. The van der Waals surface area contributed by atoms with Gasteiger partial charge in [0.05, 0.1) is 22.5 Å². The van der Waals surface area contributed by atoms with Crippen LogP contribution in [0.25, 0.3) is 32.7 Å². The number of nitrogen functional groups attached to an aromatic ring is 1. The molecule has 0 saturated carbocycles. The lowest BCUT2D eigenvalue weighted by Crippen LogP contribution is -2.26. The molecule has 0 fully saturated rings. The van der Waals surface area contributed by atoms with Gasteiger partial charge in [0.2, 0.25) is 10.0 Å². The molecule has 3 aromatic carbocycles. The molecule has 0 unspecified atom stereocenters. The molecule has 38 heavy (non-hydrogen) atoms. The van der Waals surface area contributed by atoms with Gasteiger partial charge in [-0.05, 0) is 24.6 Å². The highest BCUT2D eigenvalue weighted by Gasteiger charge is 2.20. The molecule has 0 spiro atoms. The van der Waals surface area contributed by atoms with Crippen LogP contribution in [-0.4, -0.2) is 57.3 Å². The summed E-state index contributed by atoms with van der Waals surface area (Å²) in [5.74, 6) is 1.21. The molecule has 9 nitrogen and oxygen atoms in total. The third-order valence-electron chi connectivity index (χ3n) is 6.70. The number of rotatable bonds is 10. The lowest BCUT2D eigenvalue weighted by atomic mass is 10.1. The van der Waals surface area contributed by atoms with Crippen molar-refractivity contribution in [2.45, 2.75) is 24.3 Å². The lowest BCUT2D eigenvalue weighted by molar-refractivity contribution is 0.199. The number of aryl methyl sites for hydroxylation is 1. The molecule has 0 aliphatic rings. The van der Waals surface area contributed by atoms with Crippen LogP contribution in [0, 0.1) is 0 Å². The van der Waals surface area contributed by atoms with Crippen LogP contribution in [-0.2, 0) is 27.7 Å². The first-order valence-corrected chi connectivity index (χ1v) is 14.0. The Morgan fingerprint density at radius 1 is 0.974 bits per heavy atom. The number of aromatic nitrogens is 3. The summed E-state index contributed by atoms with van der Waals surface area (Å²) in [5.41, 5.74) is 9.60. The van der Waals surface area contributed by atoms with E-state index in [0.29, 0.717) is 42.7 Å². The van der Waals surface area contributed by atoms with Crippen LogP contribution < -0.4 is 15.4 Å². The standard InChI is InChI=1S/C28H32N6O3S/c1-33(2)23-13-6-11-20-19(23)10-7-14-24(20)38(35,36)30-16-8-17-34-25(15-18-37-3)32-26-27(34)21-9-4-5-12-22(21)31-28(26)29/h4-7,9-14,30H,8,15-18H2,1-3H3,(H2,29,31). The largest absolute Gasteiger partial charge is 0.384 e. The number of anilines is 2. The predicted octanol–water partition coefficient (Wildman–Crippen LogP) is 3.94. The van der Waals surface area contributed by atoms with E-state index in [9.17, 15) is 8.42 Å². The summed E-state index contributed by atoms with van der Waals surface area (Å²) in [6.45, 7) is 1.34. The minimum atomic E-state index is -3.72. The number of imidazole rings is 1. The Bertz CT molecular complexity index is 1730. The first-order chi connectivity index (χ1) is 18.3. The van der Waals surface area contributed by atoms with Gasteiger partial charge >= 0.3 is 0 Å². The van der Waals surface area contributed by atoms with Gasteiger partial charge in [-0.2, -0.15) is 0 Å². The average molecular weight is 533 g/mol. The second-order valence-electron chi connectivity index (χ2n) is 9.41. The van der Waals surface area contributed by atoms with E-state index in [4.69, 9.17) is 15.5 Å². The molecular weight excluding hydrogens is 500 g/mol. The fraction of sp³-hybridized carbons (Fsp3) is 0.286. The number of nitrogens with two attached hydrogens (primary N) is 1. The zero-order chi connectivity index (χ0) is 26.9. The summed E-state index contributed by atoms with van der Waals surface area (Å²) in [6.07, 6.45) is 1.17. The molecule has 2 heterocycles. The maximum Gasteiger partial charge on any atom is 0.241 e. The van der Waals surface area contributed by atoms with Crippen molar-refractivity contribution >= 4 is 54.2 Å². The van der Waals surface area contributed by atoms with Crippen LogP contribution in [0.5, 0.6) is 0 Å². The van der Waals surface area contributed by atoms with Crippen LogP contribution in [0.4, 0.5) is 11.5 Å². The van der Waals surface area contributed by atoms with Crippen molar-refractivity contribution < 1.29 is 13.2 Å². The molecule has 2 aromatic heterocycles. The molecule has 0 bridgehead atoms. The Labute approximate surface area is 222 Å². The van der Waals surface area contributed by atoms with Crippen LogP contribution >= 0.6 is 0 Å². The van der Waals surface area contributed by atoms with Gasteiger partial charge in [0.25, 0.3) is 0 Å². The van der Waals surface area contributed by atoms with Gasteiger partial charge < -0.3 is 19.9 Å². The molecule has 5 aromatic rings. The smallest absolute Gasteiger partial charge is 0.241 e. The number of para-hydroxylation sites is 1. The molecule has 0 amide bonds. The van der Waals surface area contributed by atoms with Gasteiger partial charge in [-0.15, -0.1) is 0 Å². The van der Waals surface area contributed by atoms with Gasteiger partial charge in [0, 0.05) is 62.6 Å². The number of ether oxygens (including phenoxy) is 1. The van der Waals surface area contributed by atoms with Gasteiger partial charge in [-0.3, -0.25) is 0 Å². The Balaban J connectivity index is 1.41. The van der Waals surface area contributed by atoms with E-state index in [0.717, 1.165) is 33.3 Å². The predicted molar refractivity (Wildman–Crippen MR) is 153 cm³/mol. The van der Waals surface area contributed by atoms with Crippen molar-refractivity contribution in [1.82, 2.24) is 19.3 Å². The number of hydrogen-bond acceptors (Lipinski definition) is 7. The van der Waals surface area contributed by atoms with Crippen molar-refractivity contribution in [3.8, 4) is 0 Å². The fourth-order valence-corrected chi connectivity index (χ4v) is 6.23. The van der Waals surface area contributed by atoms with E-state index in [-0.39, 0.29) is 11.4 Å². The number of nitrogens with zero attached hydrogens (tertiary/aromatic N) is 4. The van der Waals surface area contributed by atoms with Crippen LogP contribution in [0.2, 0.25) is 0 Å². The number of nitrogens with one attached hydrogen (secondary N) is 1. The summed E-state index contributed by atoms with van der Waals surface area (Å²) in [6, 6.07) is 18.9. The molecule has 0 aliphatic carbocycles.